The maximum absolute atomic E-state index is 10.1. The summed E-state index contributed by atoms with van der Waals surface area (Å²) in [5.74, 6) is 2.08. The summed E-state index contributed by atoms with van der Waals surface area (Å²) in [5, 5.41) is 13.4. The molecule has 4 heteroatoms. The molecule has 1 unspecified atom stereocenters. The number of fused-ring (bicyclic) bond motifs is 1. The monoisotopic (exact) mass is 265 g/mol. The largest absolute Gasteiger partial charge is 0.490 e. The molecule has 0 radical (unpaired) electrons. The number of aliphatic hydroxyl groups excluding tert-OH is 1. The fourth-order valence-corrected chi connectivity index (χ4v) is 2.01. The van der Waals surface area contributed by atoms with Crippen LogP contribution in [0.3, 0.4) is 0 Å². The first-order chi connectivity index (χ1) is 9.16. The van der Waals surface area contributed by atoms with Crippen molar-refractivity contribution in [2.45, 2.75) is 26.4 Å². The molecule has 0 spiro atoms. The van der Waals surface area contributed by atoms with E-state index >= 15 is 0 Å². The van der Waals surface area contributed by atoms with Crippen molar-refractivity contribution in [3.05, 3.63) is 23.8 Å². The van der Waals surface area contributed by atoms with Crippen molar-refractivity contribution in [2.24, 2.45) is 5.92 Å². The lowest BCUT2D eigenvalue weighted by molar-refractivity contribution is 0.173. The normalized spacial score (nSPS) is 16.2. The van der Waals surface area contributed by atoms with E-state index in [2.05, 4.69) is 19.2 Å². The van der Waals surface area contributed by atoms with Gasteiger partial charge in [0.05, 0.1) is 19.3 Å². The molecule has 1 atom stereocenters. The number of hydrogen-bond donors (Lipinski definition) is 2. The zero-order chi connectivity index (χ0) is 13.7. The third-order valence-corrected chi connectivity index (χ3v) is 3.05. The van der Waals surface area contributed by atoms with Crippen LogP contribution in [0, 0.1) is 5.92 Å². The topological polar surface area (TPSA) is 50.7 Å². The van der Waals surface area contributed by atoms with Crippen LogP contribution >= 0.6 is 0 Å². The first kappa shape index (κ1) is 14.2. The summed E-state index contributed by atoms with van der Waals surface area (Å²) in [5.41, 5.74) is 0.862. The van der Waals surface area contributed by atoms with Crippen LogP contribution in [0.1, 0.15) is 31.9 Å². The van der Waals surface area contributed by atoms with Crippen LogP contribution in [-0.4, -0.2) is 31.4 Å². The van der Waals surface area contributed by atoms with Crippen LogP contribution in [0.15, 0.2) is 18.2 Å². The van der Waals surface area contributed by atoms with Gasteiger partial charge < -0.3 is 19.9 Å². The number of benzene rings is 1. The van der Waals surface area contributed by atoms with Crippen molar-refractivity contribution in [2.75, 3.05) is 26.3 Å². The Hall–Kier alpha value is -1.26. The van der Waals surface area contributed by atoms with Gasteiger partial charge in [0.25, 0.3) is 0 Å². The van der Waals surface area contributed by atoms with Gasteiger partial charge in [0.2, 0.25) is 0 Å². The molecule has 1 aliphatic rings. The summed E-state index contributed by atoms with van der Waals surface area (Å²) in [7, 11) is 0. The number of hydrogen-bond acceptors (Lipinski definition) is 4. The quantitative estimate of drug-likeness (QED) is 0.856. The van der Waals surface area contributed by atoms with Crippen LogP contribution in [0.5, 0.6) is 11.5 Å². The van der Waals surface area contributed by atoms with Crippen molar-refractivity contribution in [3.63, 3.8) is 0 Å². The zero-order valence-corrected chi connectivity index (χ0v) is 11.7. The lowest BCUT2D eigenvalue weighted by Gasteiger charge is -2.15. The SMILES string of the molecule is CC(C)CNCC(O)c1ccc2c(c1)OCCCO2. The average Bonchev–Trinajstić information content (AvgIpc) is 2.62. The molecule has 4 nitrogen and oxygen atoms in total. The summed E-state index contributed by atoms with van der Waals surface area (Å²) in [6.07, 6.45) is 0.374. The minimum atomic E-state index is -0.518. The van der Waals surface area contributed by atoms with Crippen molar-refractivity contribution in [1.29, 1.82) is 0 Å². The maximum atomic E-state index is 10.1. The summed E-state index contributed by atoms with van der Waals surface area (Å²) in [4.78, 5) is 0. The van der Waals surface area contributed by atoms with Gasteiger partial charge in [-0.1, -0.05) is 19.9 Å². The number of ether oxygens (including phenoxy) is 2. The molecule has 19 heavy (non-hydrogen) atoms. The summed E-state index contributed by atoms with van der Waals surface area (Å²) >= 11 is 0. The smallest absolute Gasteiger partial charge is 0.161 e. The molecule has 2 N–H and O–H groups in total. The number of aliphatic hydroxyl groups is 1. The molecule has 0 amide bonds. The van der Waals surface area contributed by atoms with Crippen LogP contribution in [0.2, 0.25) is 0 Å². The van der Waals surface area contributed by atoms with E-state index in [1.165, 1.54) is 0 Å². The first-order valence-electron chi connectivity index (χ1n) is 6.95. The lowest BCUT2D eigenvalue weighted by Crippen LogP contribution is -2.25. The molecule has 0 aliphatic carbocycles. The molecule has 106 valence electrons. The fourth-order valence-electron chi connectivity index (χ4n) is 2.01. The Kier molecular flexibility index (Phi) is 5.05. The van der Waals surface area contributed by atoms with Gasteiger partial charge in [-0.15, -0.1) is 0 Å². The van der Waals surface area contributed by atoms with Gasteiger partial charge in [0.15, 0.2) is 11.5 Å². The minimum Gasteiger partial charge on any atom is -0.490 e. The molecule has 0 bridgehead atoms. The first-order valence-corrected chi connectivity index (χ1v) is 6.95. The standard InChI is InChI=1S/C15H23NO3/c1-11(2)9-16-10-13(17)12-4-5-14-15(8-12)19-7-3-6-18-14/h4-5,8,11,13,16-17H,3,6-7,9-10H2,1-2H3. The Balaban J connectivity index is 1.98. The summed E-state index contributed by atoms with van der Waals surface area (Å²) in [6, 6.07) is 5.65. The predicted octanol–water partition coefficient (Wildman–Crippen LogP) is 2.13. The van der Waals surface area contributed by atoms with Crippen molar-refractivity contribution >= 4 is 0 Å². The van der Waals surface area contributed by atoms with E-state index in [0.29, 0.717) is 25.7 Å². The second-order valence-electron chi connectivity index (χ2n) is 5.32. The Morgan fingerprint density at radius 2 is 1.89 bits per heavy atom. The van der Waals surface area contributed by atoms with Crippen molar-refractivity contribution < 1.29 is 14.6 Å². The third-order valence-electron chi connectivity index (χ3n) is 3.05. The van der Waals surface area contributed by atoms with Gasteiger partial charge in [-0.3, -0.25) is 0 Å². The van der Waals surface area contributed by atoms with Gasteiger partial charge in [-0.05, 0) is 30.2 Å². The molecule has 1 aromatic carbocycles. The Bertz CT molecular complexity index is 406. The van der Waals surface area contributed by atoms with Gasteiger partial charge in [0, 0.05) is 13.0 Å². The summed E-state index contributed by atoms with van der Waals surface area (Å²) in [6.45, 7) is 7.10. The highest BCUT2D eigenvalue weighted by atomic mass is 16.5. The second kappa shape index (κ2) is 6.78. The number of nitrogens with one attached hydrogen (secondary N) is 1. The zero-order valence-electron chi connectivity index (χ0n) is 11.7. The maximum Gasteiger partial charge on any atom is 0.161 e. The highest BCUT2D eigenvalue weighted by molar-refractivity contribution is 5.44. The van der Waals surface area contributed by atoms with E-state index in [4.69, 9.17) is 9.47 Å². The third kappa shape index (κ3) is 4.11. The lowest BCUT2D eigenvalue weighted by atomic mass is 10.1. The molecule has 0 saturated carbocycles. The van der Waals surface area contributed by atoms with E-state index in [1.54, 1.807) is 0 Å². The van der Waals surface area contributed by atoms with E-state index in [1.807, 2.05) is 18.2 Å². The van der Waals surface area contributed by atoms with E-state index in [0.717, 1.165) is 30.0 Å². The highest BCUT2D eigenvalue weighted by Crippen LogP contribution is 2.32. The van der Waals surface area contributed by atoms with Crippen molar-refractivity contribution in [1.82, 2.24) is 5.32 Å². The Labute approximate surface area is 114 Å². The van der Waals surface area contributed by atoms with Gasteiger partial charge in [0.1, 0.15) is 0 Å². The van der Waals surface area contributed by atoms with E-state index < -0.39 is 6.10 Å². The Morgan fingerprint density at radius 1 is 1.16 bits per heavy atom. The van der Waals surface area contributed by atoms with Gasteiger partial charge in [-0.25, -0.2) is 0 Å². The molecule has 1 aromatic rings. The number of rotatable bonds is 5. The Morgan fingerprint density at radius 3 is 2.63 bits per heavy atom. The van der Waals surface area contributed by atoms with E-state index in [-0.39, 0.29) is 0 Å². The van der Waals surface area contributed by atoms with Crippen LogP contribution < -0.4 is 14.8 Å². The molecular weight excluding hydrogens is 242 g/mol. The second-order valence-corrected chi connectivity index (χ2v) is 5.32. The van der Waals surface area contributed by atoms with Crippen LogP contribution in [0.4, 0.5) is 0 Å². The van der Waals surface area contributed by atoms with Gasteiger partial charge >= 0.3 is 0 Å². The summed E-state index contributed by atoms with van der Waals surface area (Å²) < 4.78 is 11.2. The fraction of sp³-hybridized carbons (Fsp3) is 0.600. The average molecular weight is 265 g/mol. The molecule has 0 saturated heterocycles. The molecule has 0 fully saturated rings. The predicted molar refractivity (Wildman–Crippen MR) is 74.7 cm³/mol. The van der Waals surface area contributed by atoms with Crippen LogP contribution in [0.25, 0.3) is 0 Å². The highest BCUT2D eigenvalue weighted by Gasteiger charge is 2.14. The van der Waals surface area contributed by atoms with Crippen LogP contribution in [-0.2, 0) is 0 Å². The molecule has 1 aliphatic heterocycles. The molecule has 1 heterocycles. The van der Waals surface area contributed by atoms with Crippen molar-refractivity contribution in [3.8, 4) is 11.5 Å². The molecule has 0 aromatic heterocycles. The van der Waals surface area contributed by atoms with E-state index in [9.17, 15) is 5.11 Å². The van der Waals surface area contributed by atoms with Gasteiger partial charge in [-0.2, -0.15) is 0 Å². The molecular formula is C15H23NO3. The minimum absolute atomic E-state index is 0.518. The molecule has 2 rings (SSSR count).